The van der Waals surface area contributed by atoms with Gasteiger partial charge in [0.05, 0.1) is 5.56 Å². The Kier molecular flexibility index (Phi) is 3.74. The largest absolute Gasteiger partial charge is 0.478 e. The van der Waals surface area contributed by atoms with Crippen LogP contribution in [0.2, 0.25) is 0 Å². The van der Waals surface area contributed by atoms with Gasteiger partial charge in [0.2, 0.25) is 0 Å². The third-order valence-electron chi connectivity index (χ3n) is 3.19. The van der Waals surface area contributed by atoms with Crippen LogP contribution in [0.15, 0.2) is 22.6 Å². The van der Waals surface area contributed by atoms with E-state index in [1.54, 1.807) is 6.07 Å². The molecule has 0 aliphatic heterocycles. The summed E-state index contributed by atoms with van der Waals surface area (Å²) in [7, 11) is 0. The lowest BCUT2D eigenvalue weighted by Gasteiger charge is -2.18. The molecular weight excluding hydrogens is 244 g/mol. The normalized spacial score (nSPS) is 12.8. The van der Waals surface area contributed by atoms with Crippen LogP contribution in [0.3, 0.4) is 0 Å². The van der Waals surface area contributed by atoms with E-state index in [0.29, 0.717) is 23.0 Å². The van der Waals surface area contributed by atoms with Gasteiger partial charge in [-0.2, -0.15) is 4.98 Å². The Balaban J connectivity index is 2.28. The molecule has 2 rings (SSSR count). The highest BCUT2D eigenvalue weighted by Crippen LogP contribution is 2.22. The molecule has 0 spiro atoms. The molecule has 0 saturated carbocycles. The highest BCUT2D eigenvalue weighted by atomic mass is 16.4. The molecule has 0 aliphatic carbocycles. The Hall–Kier alpha value is -2.04. The summed E-state index contributed by atoms with van der Waals surface area (Å²) in [6.07, 6.45) is 0.969. The number of aromatic nitrogens is 1. The fourth-order valence-electron chi connectivity index (χ4n) is 2.02. The lowest BCUT2D eigenvalue weighted by Crippen LogP contribution is -2.24. The van der Waals surface area contributed by atoms with Gasteiger partial charge in [-0.15, -0.1) is 0 Å². The SMILES string of the molecule is CCC(Nc1nc2ccc(C(=O)O)cc2o1)C(C)C. The van der Waals surface area contributed by atoms with Gasteiger partial charge < -0.3 is 14.8 Å². The monoisotopic (exact) mass is 262 g/mol. The first-order chi connectivity index (χ1) is 9.01. The van der Waals surface area contributed by atoms with Crippen molar-refractivity contribution in [3.8, 4) is 0 Å². The number of hydrogen-bond acceptors (Lipinski definition) is 4. The van der Waals surface area contributed by atoms with Crippen molar-refractivity contribution in [1.29, 1.82) is 0 Å². The topological polar surface area (TPSA) is 75.4 Å². The zero-order chi connectivity index (χ0) is 14.0. The predicted octanol–water partition coefficient (Wildman–Crippen LogP) is 3.37. The van der Waals surface area contributed by atoms with E-state index in [-0.39, 0.29) is 11.6 Å². The van der Waals surface area contributed by atoms with Gasteiger partial charge >= 0.3 is 5.97 Å². The van der Waals surface area contributed by atoms with E-state index in [4.69, 9.17) is 9.52 Å². The van der Waals surface area contributed by atoms with Gasteiger partial charge in [-0.25, -0.2) is 4.79 Å². The van der Waals surface area contributed by atoms with E-state index in [2.05, 4.69) is 31.1 Å². The van der Waals surface area contributed by atoms with Crippen molar-refractivity contribution in [3.05, 3.63) is 23.8 Å². The van der Waals surface area contributed by atoms with E-state index in [1.165, 1.54) is 12.1 Å². The van der Waals surface area contributed by atoms with Crippen LogP contribution < -0.4 is 5.32 Å². The molecule has 0 bridgehead atoms. The van der Waals surface area contributed by atoms with Crippen LogP contribution in [0.4, 0.5) is 6.01 Å². The molecule has 1 atom stereocenters. The molecular formula is C14H18N2O3. The maximum Gasteiger partial charge on any atom is 0.335 e. The molecule has 0 saturated heterocycles. The molecule has 102 valence electrons. The highest BCUT2D eigenvalue weighted by molar-refractivity contribution is 5.92. The molecule has 1 aromatic carbocycles. The van der Waals surface area contributed by atoms with Crippen LogP contribution >= 0.6 is 0 Å². The zero-order valence-corrected chi connectivity index (χ0v) is 11.3. The summed E-state index contributed by atoms with van der Waals surface area (Å²) in [5.74, 6) is -0.504. The Morgan fingerprint density at radius 2 is 2.21 bits per heavy atom. The minimum atomic E-state index is -0.971. The van der Waals surface area contributed by atoms with Crippen molar-refractivity contribution in [3.63, 3.8) is 0 Å². The van der Waals surface area contributed by atoms with Crippen molar-refractivity contribution < 1.29 is 14.3 Å². The number of aromatic carboxylic acids is 1. The summed E-state index contributed by atoms with van der Waals surface area (Å²) in [6.45, 7) is 6.36. The lowest BCUT2D eigenvalue weighted by molar-refractivity contribution is 0.0697. The highest BCUT2D eigenvalue weighted by Gasteiger charge is 2.15. The fourth-order valence-corrected chi connectivity index (χ4v) is 2.02. The summed E-state index contributed by atoms with van der Waals surface area (Å²) in [4.78, 5) is 15.2. The van der Waals surface area contributed by atoms with Gasteiger partial charge in [-0.05, 0) is 30.5 Å². The Labute approximate surface area is 111 Å². The van der Waals surface area contributed by atoms with Crippen molar-refractivity contribution in [2.75, 3.05) is 5.32 Å². The number of carboxylic acid groups (broad SMARTS) is 1. The molecule has 0 radical (unpaired) electrons. The number of carboxylic acids is 1. The minimum Gasteiger partial charge on any atom is -0.478 e. The van der Waals surface area contributed by atoms with Crippen LogP contribution in [0.5, 0.6) is 0 Å². The van der Waals surface area contributed by atoms with Gasteiger partial charge in [0.15, 0.2) is 5.58 Å². The molecule has 19 heavy (non-hydrogen) atoms. The van der Waals surface area contributed by atoms with Crippen LogP contribution in [0, 0.1) is 5.92 Å². The summed E-state index contributed by atoms with van der Waals surface area (Å²) in [5.41, 5.74) is 1.35. The number of nitrogens with one attached hydrogen (secondary N) is 1. The summed E-state index contributed by atoms with van der Waals surface area (Å²) >= 11 is 0. The molecule has 2 aromatic rings. The third-order valence-corrected chi connectivity index (χ3v) is 3.19. The number of oxazole rings is 1. The first-order valence-electron chi connectivity index (χ1n) is 6.41. The predicted molar refractivity (Wildman–Crippen MR) is 73.5 cm³/mol. The zero-order valence-electron chi connectivity index (χ0n) is 11.3. The van der Waals surface area contributed by atoms with Gasteiger partial charge in [-0.3, -0.25) is 0 Å². The van der Waals surface area contributed by atoms with E-state index >= 15 is 0 Å². The van der Waals surface area contributed by atoms with Gasteiger partial charge in [-0.1, -0.05) is 20.8 Å². The number of nitrogens with zero attached hydrogens (tertiary/aromatic N) is 1. The average Bonchev–Trinajstić information content (AvgIpc) is 2.76. The minimum absolute atomic E-state index is 0.200. The maximum absolute atomic E-state index is 10.9. The number of benzene rings is 1. The fraction of sp³-hybridized carbons (Fsp3) is 0.429. The number of fused-ring (bicyclic) bond motifs is 1. The molecule has 2 N–H and O–H groups in total. The summed E-state index contributed by atoms with van der Waals surface area (Å²) in [5, 5.41) is 12.2. The number of rotatable bonds is 5. The maximum atomic E-state index is 10.9. The summed E-state index contributed by atoms with van der Waals surface area (Å²) < 4.78 is 5.56. The first-order valence-corrected chi connectivity index (χ1v) is 6.41. The van der Waals surface area contributed by atoms with Crippen LogP contribution in [0.1, 0.15) is 37.6 Å². The van der Waals surface area contributed by atoms with Crippen molar-refractivity contribution in [2.45, 2.75) is 33.2 Å². The second-order valence-corrected chi connectivity index (χ2v) is 4.91. The van der Waals surface area contributed by atoms with E-state index in [9.17, 15) is 4.79 Å². The number of anilines is 1. The van der Waals surface area contributed by atoms with Crippen LogP contribution in [-0.4, -0.2) is 22.1 Å². The van der Waals surface area contributed by atoms with E-state index < -0.39 is 5.97 Å². The molecule has 1 unspecified atom stereocenters. The molecule has 0 fully saturated rings. The molecule has 5 nitrogen and oxygen atoms in total. The van der Waals surface area contributed by atoms with Crippen LogP contribution in [-0.2, 0) is 0 Å². The molecule has 1 heterocycles. The lowest BCUT2D eigenvalue weighted by atomic mass is 10.0. The Bertz CT molecular complexity index is 589. The van der Waals surface area contributed by atoms with E-state index in [1.807, 2.05) is 0 Å². The average molecular weight is 262 g/mol. The second-order valence-electron chi connectivity index (χ2n) is 4.91. The molecule has 5 heteroatoms. The van der Waals surface area contributed by atoms with Gasteiger partial charge in [0, 0.05) is 6.04 Å². The number of hydrogen-bond donors (Lipinski definition) is 2. The Morgan fingerprint density at radius 1 is 1.47 bits per heavy atom. The Morgan fingerprint density at radius 3 is 2.79 bits per heavy atom. The second kappa shape index (κ2) is 5.30. The molecule has 1 aromatic heterocycles. The van der Waals surface area contributed by atoms with Crippen molar-refractivity contribution in [2.24, 2.45) is 5.92 Å². The van der Waals surface area contributed by atoms with Crippen molar-refractivity contribution in [1.82, 2.24) is 4.98 Å². The third kappa shape index (κ3) is 2.86. The molecule has 0 amide bonds. The quantitative estimate of drug-likeness (QED) is 0.864. The van der Waals surface area contributed by atoms with Gasteiger partial charge in [0.25, 0.3) is 6.01 Å². The first kappa shape index (κ1) is 13.4. The number of carbonyl (C=O) groups is 1. The summed E-state index contributed by atoms with van der Waals surface area (Å²) in [6, 6.07) is 5.40. The van der Waals surface area contributed by atoms with Gasteiger partial charge in [0.1, 0.15) is 5.52 Å². The smallest absolute Gasteiger partial charge is 0.335 e. The van der Waals surface area contributed by atoms with E-state index in [0.717, 1.165) is 6.42 Å². The van der Waals surface area contributed by atoms with Crippen LogP contribution in [0.25, 0.3) is 11.1 Å². The standard InChI is InChI=1S/C14H18N2O3/c1-4-10(8(2)3)15-14-16-11-6-5-9(13(17)18)7-12(11)19-14/h5-8,10H,4H2,1-3H3,(H,15,16)(H,17,18). The molecule has 0 aliphatic rings. The van der Waals surface area contributed by atoms with Crippen molar-refractivity contribution >= 4 is 23.1 Å².